The highest BCUT2D eigenvalue weighted by Gasteiger charge is 2.23. The van der Waals surface area contributed by atoms with Gasteiger partial charge in [0.2, 0.25) is 0 Å². The molecule has 30 heavy (non-hydrogen) atoms. The average molecular weight is 413 g/mol. The molecule has 1 fully saturated rings. The fraction of sp³-hybridized carbons (Fsp3) is 0.333. The predicted octanol–water partition coefficient (Wildman–Crippen LogP) is 3.25. The lowest BCUT2D eigenvalue weighted by Gasteiger charge is -2.28. The molecule has 1 aliphatic rings. The second-order valence-electron chi connectivity index (χ2n) is 6.73. The van der Waals surface area contributed by atoms with Gasteiger partial charge in [0.15, 0.2) is 0 Å². The topological polar surface area (TPSA) is 111 Å². The summed E-state index contributed by atoms with van der Waals surface area (Å²) in [6, 6.07) is 10.7. The standard InChI is InChI=1S/C21H23N3O6/c1-2-11-30-21(26)15-3-6-17(7-4-15)22-20(25)16-5-8-18(19(14-16)24(27)28)23-9-12-29-13-10-23/h3-8,14H,2,9-13H2,1H3,(H,22,25). The van der Waals surface area contributed by atoms with Gasteiger partial charge in [0.25, 0.3) is 11.6 Å². The molecule has 1 heterocycles. The van der Waals surface area contributed by atoms with Crippen molar-refractivity contribution in [2.45, 2.75) is 13.3 Å². The monoisotopic (exact) mass is 413 g/mol. The molecule has 0 saturated carbocycles. The van der Waals surface area contributed by atoms with Gasteiger partial charge >= 0.3 is 5.97 Å². The number of nitrogens with one attached hydrogen (secondary N) is 1. The molecule has 1 saturated heterocycles. The normalized spacial score (nSPS) is 13.6. The van der Waals surface area contributed by atoms with Crippen LogP contribution in [-0.4, -0.2) is 49.7 Å². The van der Waals surface area contributed by atoms with Gasteiger partial charge in [-0.1, -0.05) is 6.92 Å². The maximum atomic E-state index is 12.6. The molecule has 3 rings (SSSR count). The van der Waals surface area contributed by atoms with Crippen molar-refractivity contribution in [2.24, 2.45) is 0 Å². The van der Waals surface area contributed by atoms with Crippen molar-refractivity contribution in [3.05, 3.63) is 63.7 Å². The van der Waals surface area contributed by atoms with Crippen molar-refractivity contribution in [2.75, 3.05) is 43.1 Å². The lowest BCUT2D eigenvalue weighted by atomic mass is 10.1. The van der Waals surface area contributed by atoms with Crippen molar-refractivity contribution in [1.82, 2.24) is 0 Å². The van der Waals surface area contributed by atoms with Gasteiger partial charge in [0.1, 0.15) is 5.69 Å². The van der Waals surface area contributed by atoms with Gasteiger partial charge in [0.05, 0.1) is 30.3 Å². The minimum absolute atomic E-state index is 0.126. The van der Waals surface area contributed by atoms with Gasteiger partial charge in [-0.15, -0.1) is 0 Å². The summed E-state index contributed by atoms with van der Waals surface area (Å²) in [6.07, 6.45) is 0.732. The summed E-state index contributed by atoms with van der Waals surface area (Å²) < 4.78 is 10.4. The first kappa shape index (κ1) is 21.3. The molecule has 0 bridgehead atoms. The van der Waals surface area contributed by atoms with Crippen LogP contribution in [0.15, 0.2) is 42.5 Å². The minimum Gasteiger partial charge on any atom is -0.462 e. The van der Waals surface area contributed by atoms with E-state index in [1.54, 1.807) is 36.4 Å². The molecule has 9 heteroatoms. The molecule has 0 aliphatic carbocycles. The van der Waals surface area contributed by atoms with Crippen LogP contribution in [0.1, 0.15) is 34.1 Å². The molecular formula is C21H23N3O6. The summed E-state index contributed by atoms with van der Waals surface area (Å²) in [5.41, 5.74) is 1.36. The largest absolute Gasteiger partial charge is 0.462 e. The van der Waals surface area contributed by atoms with Crippen LogP contribution in [0.2, 0.25) is 0 Å². The molecular weight excluding hydrogens is 390 g/mol. The first-order valence-electron chi connectivity index (χ1n) is 9.69. The van der Waals surface area contributed by atoms with Crippen LogP contribution < -0.4 is 10.2 Å². The summed E-state index contributed by atoms with van der Waals surface area (Å²) in [7, 11) is 0. The summed E-state index contributed by atoms with van der Waals surface area (Å²) in [5.74, 6) is -0.906. The van der Waals surface area contributed by atoms with E-state index in [9.17, 15) is 19.7 Å². The molecule has 0 aromatic heterocycles. The zero-order chi connectivity index (χ0) is 21.5. The van der Waals surface area contributed by atoms with Crippen LogP contribution in [0, 0.1) is 10.1 Å². The number of hydrogen-bond acceptors (Lipinski definition) is 7. The highest BCUT2D eigenvalue weighted by molar-refractivity contribution is 6.05. The van der Waals surface area contributed by atoms with Gasteiger partial charge < -0.3 is 19.7 Å². The summed E-state index contributed by atoms with van der Waals surface area (Å²) in [4.78, 5) is 37.3. The van der Waals surface area contributed by atoms with E-state index >= 15 is 0 Å². The van der Waals surface area contributed by atoms with Crippen molar-refractivity contribution < 1.29 is 24.0 Å². The number of ether oxygens (including phenoxy) is 2. The SMILES string of the molecule is CCCOC(=O)c1ccc(NC(=O)c2ccc(N3CCOCC3)c([N+](=O)[O-])c2)cc1. The van der Waals surface area contributed by atoms with E-state index in [1.807, 2.05) is 11.8 Å². The zero-order valence-electron chi connectivity index (χ0n) is 16.6. The number of nitrogens with zero attached hydrogens (tertiary/aromatic N) is 2. The maximum absolute atomic E-state index is 12.6. The number of hydrogen-bond donors (Lipinski definition) is 1. The van der Waals surface area contributed by atoms with Crippen LogP contribution in [0.25, 0.3) is 0 Å². The predicted molar refractivity (Wildman–Crippen MR) is 111 cm³/mol. The molecule has 0 atom stereocenters. The lowest BCUT2D eigenvalue weighted by molar-refractivity contribution is -0.384. The fourth-order valence-corrected chi connectivity index (χ4v) is 3.05. The van der Waals surface area contributed by atoms with Crippen LogP contribution in [-0.2, 0) is 9.47 Å². The summed E-state index contributed by atoms with van der Waals surface area (Å²) >= 11 is 0. The minimum atomic E-state index is -0.488. The van der Waals surface area contributed by atoms with E-state index in [0.29, 0.717) is 49.8 Å². The highest BCUT2D eigenvalue weighted by Crippen LogP contribution is 2.30. The second-order valence-corrected chi connectivity index (χ2v) is 6.73. The molecule has 1 amide bonds. The molecule has 0 spiro atoms. The van der Waals surface area contributed by atoms with E-state index in [0.717, 1.165) is 6.42 Å². The Hall–Kier alpha value is -3.46. The van der Waals surface area contributed by atoms with E-state index < -0.39 is 16.8 Å². The van der Waals surface area contributed by atoms with Crippen molar-refractivity contribution >= 4 is 28.9 Å². The fourth-order valence-electron chi connectivity index (χ4n) is 3.05. The third-order valence-corrected chi connectivity index (χ3v) is 4.60. The number of amides is 1. The first-order chi connectivity index (χ1) is 14.5. The van der Waals surface area contributed by atoms with Crippen LogP contribution in [0.4, 0.5) is 17.1 Å². The third kappa shape index (κ3) is 5.12. The smallest absolute Gasteiger partial charge is 0.338 e. The van der Waals surface area contributed by atoms with Gasteiger partial charge in [-0.2, -0.15) is 0 Å². The Labute approximate surface area is 173 Å². The van der Waals surface area contributed by atoms with E-state index in [1.165, 1.54) is 6.07 Å². The number of esters is 1. The van der Waals surface area contributed by atoms with Gasteiger partial charge in [0, 0.05) is 30.4 Å². The second kappa shape index (κ2) is 9.84. The lowest BCUT2D eigenvalue weighted by Crippen LogP contribution is -2.36. The number of anilines is 2. The number of nitro benzene ring substituents is 1. The van der Waals surface area contributed by atoms with Gasteiger partial charge in [-0.25, -0.2) is 4.79 Å². The Morgan fingerprint density at radius 2 is 1.80 bits per heavy atom. The van der Waals surface area contributed by atoms with Crippen molar-refractivity contribution in [3.63, 3.8) is 0 Å². The van der Waals surface area contributed by atoms with Crippen LogP contribution in [0.5, 0.6) is 0 Å². The van der Waals surface area contributed by atoms with Crippen LogP contribution >= 0.6 is 0 Å². The quantitative estimate of drug-likeness (QED) is 0.421. The molecule has 0 radical (unpaired) electrons. The Morgan fingerprint density at radius 1 is 1.13 bits per heavy atom. The third-order valence-electron chi connectivity index (χ3n) is 4.60. The summed E-state index contributed by atoms with van der Waals surface area (Å²) in [5, 5.41) is 14.2. The molecule has 1 aliphatic heterocycles. The first-order valence-corrected chi connectivity index (χ1v) is 9.69. The van der Waals surface area contributed by atoms with Crippen LogP contribution in [0.3, 0.4) is 0 Å². The number of nitro groups is 1. The Balaban J connectivity index is 1.72. The van der Waals surface area contributed by atoms with E-state index in [4.69, 9.17) is 9.47 Å². The number of benzene rings is 2. The molecule has 2 aromatic carbocycles. The average Bonchev–Trinajstić information content (AvgIpc) is 2.78. The Bertz CT molecular complexity index is 923. The van der Waals surface area contributed by atoms with E-state index in [2.05, 4.69) is 5.32 Å². The molecule has 0 unspecified atom stereocenters. The van der Waals surface area contributed by atoms with E-state index in [-0.39, 0.29) is 11.3 Å². The maximum Gasteiger partial charge on any atom is 0.338 e. The van der Waals surface area contributed by atoms with Gasteiger partial charge in [-0.3, -0.25) is 14.9 Å². The summed E-state index contributed by atoms with van der Waals surface area (Å²) in [6.45, 7) is 4.36. The Kier molecular flexibility index (Phi) is 6.97. The number of carbonyl (C=O) groups excluding carboxylic acids is 2. The number of rotatable bonds is 7. The number of carbonyl (C=O) groups is 2. The zero-order valence-corrected chi connectivity index (χ0v) is 16.6. The Morgan fingerprint density at radius 3 is 2.43 bits per heavy atom. The van der Waals surface area contributed by atoms with Crippen molar-refractivity contribution in [1.29, 1.82) is 0 Å². The highest BCUT2D eigenvalue weighted by atomic mass is 16.6. The number of morpholine rings is 1. The van der Waals surface area contributed by atoms with Gasteiger partial charge in [-0.05, 0) is 42.8 Å². The molecule has 9 nitrogen and oxygen atoms in total. The van der Waals surface area contributed by atoms with Crippen molar-refractivity contribution in [3.8, 4) is 0 Å². The molecule has 158 valence electrons. The molecule has 2 aromatic rings. The molecule has 1 N–H and O–H groups in total.